The van der Waals surface area contributed by atoms with Gasteiger partial charge in [-0.15, -0.1) is 0 Å². The van der Waals surface area contributed by atoms with Crippen molar-refractivity contribution >= 4 is 23.1 Å². The van der Waals surface area contributed by atoms with Crippen molar-refractivity contribution in [3.05, 3.63) is 56.2 Å². The minimum Gasteiger partial charge on any atom is -0.371 e. The topological polar surface area (TPSA) is 62.5 Å². The fraction of sp³-hybridized carbons (Fsp3) is 0.474. The number of hydrogen-bond donors (Lipinski definition) is 1. The van der Waals surface area contributed by atoms with Gasteiger partial charge in [0, 0.05) is 58.3 Å². The monoisotopic (exact) mass is 395 g/mol. The molecule has 1 aliphatic rings. The minimum atomic E-state index is -1.92. The van der Waals surface area contributed by atoms with Crippen LogP contribution in [-0.2, 0) is 14.1 Å². The van der Waals surface area contributed by atoms with Crippen LogP contribution in [0.2, 0.25) is 5.02 Å². The molecule has 27 heavy (non-hydrogen) atoms. The molecule has 0 bridgehead atoms. The van der Waals surface area contributed by atoms with Crippen molar-refractivity contribution in [1.29, 1.82) is 0 Å². The summed E-state index contributed by atoms with van der Waals surface area (Å²) in [5.74, 6) is 0.364. The number of aromatic nitrogens is 2. The van der Waals surface area contributed by atoms with E-state index in [0.717, 1.165) is 4.57 Å². The van der Waals surface area contributed by atoms with E-state index >= 15 is 0 Å². The van der Waals surface area contributed by atoms with Gasteiger partial charge in [-0.1, -0.05) is 23.7 Å². The smallest absolute Gasteiger partial charge is 0.332 e. The lowest BCUT2D eigenvalue weighted by molar-refractivity contribution is 0.257. The van der Waals surface area contributed by atoms with Crippen molar-refractivity contribution in [3.63, 3.8) is 0 Å². The molecule has 0 unspecified atom stereocenters. The van der Waals surface area contributed by atoms with Crippen LogP contribution in [0.5, 0.6) is 0 Å². The van der Waals surface area contributed by atoms with E-state index in [-0.39, 0.29) is 19.6 Å². The molecule has 0 amide bonds. The largest absolute Gasteiger partial charge is 0.371 e. The molecule has 146 valence electrons. The molecule has 7 nitrogen and oxygen atoms in total. The van der Waals surface area contributed by atoms with Crippen LogP contribution in [0.4, 0.5) is 11.5 Å². The first-order chi connectivity index (χ1) is 14.4. The van der Waals surface area contributed by atoms with Crippen LogP contribution in [0.1, 0.15) is 11.9 Å². The van der Waals surface area contributed by atoms with Crippen molar-refractivity contribution < 1.29 is 5.48 Å². The number of anilines is 2. The van der Waals surface area contributed by atoms with Crippen molar-refractivity contribution in [2.45, 2.75) is 6.42 Å². The molecule has 1 saturated heterocycles. The standard InChI is InChI=1S/C19H26ClN5O2/c1-22-17(14-18(26)23(2)19(22)27)21-8-5-9-24-10-12-25(13-11-24)16-7-4-3-6-15(16)20/h3-4,6-7,14,21H,5,8-13H2,1-2H3/i10D2,11D2. The molecule has 0 atom stereocenters. The lowest BCUT2D eigenvalue weighted by atomic mass is 10.2. The average molecular weight is 396 g/mol. The van der Waals surface area contributed by atoms with Gasteiger partial charge in [0.25, 0.3) is 5.56 Å². The number of hydrogen-bond acceptors (Lipinski definition) is 5. The molecule has 1 aromatic carbocycles. The molecular weight excluding hydrogens is 366 g/mol. The van der Waals surface area contributed by atoms with E-state index in [0.29, 0.717) is 29.5 Å². The molecule has 0 radical (unpaired) electrons. The Morgan fingerprint density at radius 1 is 1.15 bits per heavy atom. The summed E-state index contributed by atoms with van der Waals surface area (Å²) in [6.07, 6.45) is 0.411. The van der Waals surface area contributed by atoms with Crippen LogP contribution in [0.25, 0.3) is 0 Å². The van der Waals surface area contributed by atoms with E-state index in [1.807, 2.05) is 0 Å². The van der Waals surface area contributed by atoms with E-state index < -0.39 is 24.2 Å². The molecular formula is C19H26ClN5O2. The number of benzene rings is 1. The molecule has 2 heterocycles. The maximum absolute atomic E-state index is 12.0. The van der Waals surface area contributed by atoms with Gasteiger partial charge in [-0.25, -0.2) is 4.79 Å². The van der Waals surface area contributed by atoms with Gasteiger partial charge in [0.15, 0.2) is 0 Å². The predicted octanol–water partition coefficient (Wildman–Crippen LogP) is 1.36. The summed E-state index contributed by atoms with van der Waals surface area (Å²) in [5.41, 5.74) is -0.267. The maximum Gasteiger partial charge on any atom is 0.332 e. The predicted molar refractivity (Wildman–Crippen MR) is 110 cm³/mol. The van der Waals surface area contributed by atoms with Gasteiger partial charge in [-0.2, -0.15) is 0 Å². The molecule has 0 aliphatic carbocycles. The van der Waals surface area contributed by atoms with Gasteiger partial charge >= 0.3 is 5.69 Å². The fourth-order valence-corrected chi connectivity index (χ4v) is 3.10. The molecule has 1 fully saturated rings. The first-order valence-corrected chi connectivity index (χ1v) is 9.10. The minimum absolute atomic E-state index is 0.0209. The highest BCUT2D eigenvalue weighted by molar-refractivity contribution is 6.33. The summed E-state index contributed by atoms with van der Waals surface area (Å²) in [5, 5.41) is 3.46. The summed E-state index contributed by atoms with van der Waals surface area (Å²) >= 11 is 6.23. The number of nitrogens with zero attached hydrogens (tertiary/aromatic N) is 4. The molecule has 3 rings (SSSR count). The Morgan fingerprint density at radius 3 is 2.56 bits per heavy atom. The van der Waals surface area contributed by atoms with Gasteiger partial charge in [-0.05, 0) is 25.1 Å². The van der Waals surface area contributed by atoms with Crippen LogP contribution >= 0.6 is 11.6 Å². The van der Waals surface area contributed by atoms with Gasteiger partial charge in [-0.3, -0.25) is 18.8 Å². The van der Waals surface area contributed by atoms with Crippen LogP contribution in [0.3, 0.4) is 0 Å². The number of rotatable bonds is 6. The summed E-state index contributed by atoms with van der Waals surface area (Å²) < 4.78 is 36.2. The Balaban J connectivity index is 1.67. The van der Waals surface area contributed by atoms with Crippen LogP contribution in [-0.4, -0.2) is 53.2 Å². The summed E-state index contributed by atoms with van der Waals surface area (Å²) in [6.45, 7) is -3.38. The third-order valence-corrected chi connectivity index (χ3v) is 4.81. The summed E-state index contributed by atoms with van der Waals surface area (Å²) in [4.78, 5) is 26.7. The SMILES string of the molecule is [2H]C1([2H])CN(c2ccccc2Cl)CC([2H])([2H])N1CCCNc1cc(=O)n(C)c(=O)n1C. The van der Waals surface area contributed by atoms with Crippen molar-refractivity contribution in [1.82, 2.24) is 14.0 Å². The second-order valence-corrected chi connectivity index (χ2v) is 6.73. The van der Waals surface area contributed by atoms with Crippen LogP contribution in [0.15, 0.2) is 39.9 Å². The number of nitrogens with one attached hydrogen (secondary N) is 1. The maximum atomic E-state index is 12.0. The molecule has 1 N–H and O–H groups in total. The van der Waals surface area contributed by atoms with E-state index in [9.17, 15) is 9.59 Å². The highest BCUT2D eigenvalue weighted by Crippen LogP contribution is 2.25. The number of halogens is 1. The van der Waals surface area contributed by atoms with Gasteiger partial charge in [0.05, 0.1) is 10.7 Å². The van der Waals surface area contributed by atoms with E-state index in [1.165, 1.54) is 22.6 Å². The van der Waals surface area contributed by atoms with Crippen LogP contribution in [0, 0.1) is 0 Å². The van der Waals surface area contributed by atoms with E-state index in [4.69, 9.17) is 17.1 Å². The van der Waals surface area contributed by atoms with Crippen LogP contribution < -0.4 is 21.5 Å². The molecule has 2 aromatic rings. The number of piperazine rings is 1. The Hall–Kier alpha value is -2.25. The quantitative estimate of drug-likeness (QED) is 0.748. The first-order valence-electron chi connectivity index (χ1n) is 10.7. The third-order valence-electron chi connectivity index (χ3n) is 4.49. The number of para-hydroxylation sites is 1. The molecule has 1 aromatic heterocycles. The highest BCUT2D eigenvalue weighted by Gasteiger charge is 2.18. The molecule has 0 saturated carbocycles. The fourth-order valence-electron chi connectivity index (χ4n) is 2.85. The summed E-state index contributed by atoms with van der Waals surface area (Å²) in [6, 6.07) is 8.33. The second-order valence-electron chi connectivity index (χ2n) is 6.32. The van der Waals surface area contributed by atoms with Gasteiger partial charge < -0.3 is 10.2 Å². The Labute approximate surface area is 169 Å². The zero-order chi connectivity index (χ0) is 23.0. The average Bonchev–Trinajstić information content (AvgIpc) is 2.68. The van der Waals surface area contributed by atoms with Gasteiger partial charge in [0.1, 0.15) is 5.82 Å². The first kappa shape index (κ1) is 14.8. The van der Waals surface area contributed by atoms with E-state index in [1.54, 1.807) is 36.2 Å². The molecule has 0 spiro atoms. The second kappa shape index (κ2) is 8.63. The lowest BCUT2D eigenvalue weighted by Gasteiger charge is -2.36. The Bertz CT molecular complexity index is 1050. The van der Waals surface area contributed by atoms with Crippen molar-refractivity contribution in [2.24, 2.45) is 14.1 Å². The summed E-state index contributed by atoms with van der Waals surface area (Å²) in [7, 11) is 2.95. The highest BCUT2D eigenvalue weighted by atomic mass is 35.5. The van der Waals surface area contributed by atoms with E-state index in [2.05, 4.69) is 5.32 Å². The Kier molecular flexibility index (Phi) is 4.72. The van der Waals surface area contributed by atoms with Crippen molar-refractivity contribution in [3.8, 4) is 0 Å². The third kappa shape index (κ3) is 4.54. The zero-order valence-electron chi connectivity index (χ0n) is 19.4. The molecule has 1 aliphatic heterocycles. The normalized spacial score (nSPS) is 21.1. The van der Waals surface area contributed by atoms with Crippen molar-refractivity contribution in [2.75, 3.05) is 49.4 Å². The van der Waals surface area contributed by atoms with Gasteiger partial charge in [0.2, 0.25) is 0 Å². The zero-order valence-corrected chi connectivity index (χ0v) is 16.2. The Morgan fingerprint density at radius 2 is 1.85 bits per heavy atom. The molecule has 8 heteroatoms. The lowest BCUT2D eigenvalue weighted by Crippen LogP contribution is -2.47.